The molecule has 1 aliphatic rings. The van der Waals surface area contributed by atoms with Crippen molar-refractivity contribution in [1.29, 1.82) is 0 Å². The number of rotatable bonds is 6. The fourth-order valence-corrected chi connectivity index (χ4v) is 3.15. The Morgan fingerprint density at radius 1 is 1.18 bits per heavy atom. The van der Waals surface area contributed by atoms with E-state index in [2.05, 4.69) is 24.9 Å². The molecule has 0 radical (unpaired) electrons. The molecule has 1 aromatic carbocycles. The number of halogens is 5. The van der Waals surface area contributed by atoms with Gasteiger partial charge in [-0.3, -0.25) is 4.90 Å². The smallest absolute Gasteiger partial charge is 0.433 e. The Kier molecular flexibility index (Phi) is 6.28. The molecule has 1 aliphatic heterocycles. The van der Waals surface area contributed by atoms with Gasteiger partial charge < -0.3 is 10.1 Å². The minimum atomic E-state index is -4.52. The highest BCUT2D eigenvalue weighted by Gasteiger charge is 2.33. The summed E-state index contributed by atoms with van der Waals surface area (Å²) in [6, 6.07) is 7.26. The van der Waals surface area contributed by atoms with Crippen LogP contribution in [0.3, 0.4) is 0 Å². The highest BCUT2D eigenvalue weighted by Crippen LogP contribution is 2.28. The number of ether oxygens (including phenoxy) is 1. The fourth-order valence-electron chi connectivity index (χ4n) is 3.15. The van der Waals surface area contributed by atoms with Crippen molar-refractivity contribution in [1.82, 2.24) is 14.9 Å². The average molecular weight is 402 g/mol. The maximum atomic E-state index is 12.8. The van der Waals surface area contributed by atoms with Gasteiger partial charge in [-0.15, -0.1) is 0 Å². The number of nitrogens with zero attached hydrogens (tertiary/aromatic N) is 3. The van der Waals surface area contributed by atoms with Gasteiger partial charge in [0.15, 0.2) is 0 Å². The van der Waals surface area contributed by atoms with Crippen LogP contribution in [0.15, 0.2) is 36.7 Å². The number of benzene rings is 1. The molecule has 10 heteroatoms. The molecule has 28 heavy (non-hydrogen) atoms. The van der Waals surface area contributed by atoms with Crippen LogP contribution in [0, 0.1) is 0 Å². The quantitative estimate of drug-likeness (QED) is 0.735. The number of likely N-dealkylation sites (tertiary alicyclic amines) is 1. The molecule has 5 nitrogen and oxygen atoms in total. The molecule has 0 bridgehead atoms. The molecule has 1 saturated heterocycles. The van der Waals surface area contributed by atoms with Gasteiger partial charge in [0.25, 0.3) is 0 Å². The lowest BCUT2D eigenvalue weighted by Gasteiger charge is -2.33. The summed E-state index contributed by atoms with van der Waals surface area (Å²) < 4.78 is 67.0. The van der Waals surface area contributed by atoms with E-state index in [9.17, 15) is 22.0 Å². The molecule has 2 heterocycles. The van der Waals surface area contributed by atoms with E-state index in [0.717, 1.165) is 37.3 Å². The summed E-state index contributed by atoms with van der Waals surface area (Å²) in [5.74, 6) is 0.240. The molecule has 1 N–H and O–H groups in total. The second-order valence-corrected chi connectivity index (χ2v) is 6.53. The van der Waals surface area contributed by atoms with E-state index >= 15 is 0 Å². The van der Waals surface area contributed by atoms with Crippen LogP contribution in [0.25, 0.3) is 0 Å². The van der Waals surface area contributed by atoms with Crippen molar-refractivity contribution in [3.8, 4) is 5.75 Å². The summed E-state index contributed by atoms with van der Waals surface area (Å²) in [7, 11) is 0. The zero-order chi connectivity index (χ0) is 20.1. The van der Waals surface area contributed by atoms with Gasteiger partial charge in [-0.05, 0) is 37.1 Å². The molecular formula is C18H19F5N4O. The van der Waals surface area contributed by atoms with Gasteiger partial charge in [0.2, 0.25) is 0 Å². The zero-order valence-corrected chi connectivity index (χ0v) is 14.8. The summed E-state index contributed by atoms with van der Waals surface area (Å²) in [5, 5.41) is 3.04. The lowest BCUT2D eigenvalue weighted by molar-refractivity contribution is -0.141. The Hall–Kier alpha value is -2.49. The van der Waals surface area contributed by atoms with Crippen molar-refractivity contribution in [3.63, 3.8) is 0 Å². The second-order valence-electron chi connectivity index (χ2n) is 6.53. The second kappa shape index (κ2) is 8.68. The summed E-state index contributed by atoms with van der Waals surface area (Å²) in [6.45, 7) is -0.796. The largest absolute Gasteiger partial charge is 0.435 e. The van der Waals surface area contributed by atoms with Gasteiger partial charge in [-0.25, -0.2) is 9.97 Å². The number of alkyl halides is 5. The number of nitrogens with one attached hydrogen (secondary N) is 1. The lowest BCUT2D eigenvalue weighted by atomic mass is 10.0. The highest BCUT2D eigenvalue weighted by molar-refractivity contribution is 5.37. The Labute approximate surface area is 158 Å². The van der Waals surface area contributed by atoms with Gasteiger partial charge in [0.05, 0.1) is 0 Å². The van der Waals surface area contributed by atoms with Crippen molar-refractivity contribution in [2.45, 2.75) is 38.2 Å². The average Bonchev–Trinajstić information content (AvgIpc) is 2.63. The third-order valence-corrected chi connectivity index (χ3v) is 4.37. The first kappa shape index (κ1) is 20.2. The molecule has 0 amide bonds. The summed E-state index contributed by atoms with van der Waals surface area (Å²) in [6.07, 6.45) is -1.93. The molecule has 1 aromatic heterocycles. The molecule has 1 atom stereocenters. The van der Waals surface area contributed by atoms with Crippen LogP contribution in [0.4, 0.5) is 27.8 Å². The molecule has 152 valence electrons. The Bertz CT molecular complexity index is 769. The van der Waals surface area contributed by atoms with Crippen molar-refractivity contribution < 1.29 is 26.7 Å². The third kappa shape index (κ3) is 5.75. The van der Waals surface area contributed by atoms with E-state index in [4.69, 9.17) is 0 Å². The first-order valence-corrected chi connectivity index (χ1v) is 8.71. The summed E-state index contributed by atoms with van der Waals surface area (Å²) in [5.41, 5.74) is -0.0487. The van der Waals surface area contributed by atoms with Crippen LogP contribution in [0.1, 0.15) is 24.1 Å². The van der Waals surface area contributed by atoms with Gasteiger partial charge >= 0.3 is 12.8 Å². The maximum Gasteiger partial charge on any atom is 0.433 e. The summed E-state index contributed by atoms with van der Waals surface area (Å²) in [4.78, 5) is 9.28. The van der Waals surface area contributed by atoms with E-state index in [0.29, 0.717) is 13.1 Å². The number of anilines is 1. The molecule has 1 fully saturated rings. The monoisotopic (exact) mass is 402 g/mol. The van der Waals surface area contributed by atoms with E-state index in [1.54, 1.807) is 12.1 Å². The number of piperidine rings is 1. The van der Waals surface area contributed by atoms with Crippen LogP contribution >= 0.6 is 0 Å². The first-order chi connectivity index (χ1) is 13.3. The Morgan fingerprint density at radius 2 is 1.93 bits per heavy atom. The van der Waals surface area contributed by atoms with E-state index in [-0.39, 0.29) is 17.6 Å². The van der Waals surface area contributed by atoms with Crippen molar-refractivity contribution in [3.05, 3.63) is 47.9 Å². The number of aromatic nitrogens is 2. The zero-order valence-electron chi connectivity index (χ0n) is 14.8. The number of hydrogen-bond acceptors (Lipinski definition) is 5. The van der Waals surface area contributed by atoms with E-state index in [1.807, 2.05) is 0 Å². The molecule has 1 unspecified atom stereocenters. The van der Waals surface area contributed by atoms with Crippen LogP contribution in [-0.4, -0.2) is 40.6 Å². The predicted molar refractivity (Wildman–Crippen MR) is 92.0 cm³/mol. The lowest BCUT2D eigenvalue weighted by Crippen LogP contribution is -2.41. The van der Waals surface area contributed by atoms with Gasteiger partial charge in [0.1, 0.15) is 23.6 Å². The molecular weight excluding hydrogens is 383 g/mol. The molecule has 0 saturated carbocycles. The molecule has 0 spiro atoms. The molecule has 0 aliphatic carbocycles. The van der Waals surface area contributed by atoms with Crippen LogP contribution in [0.5, 0.6) is 5.75 Å². The standard InChI is InChI=1S/C18H19F5N4O/c19-17(20)28-14-5-3-12(4-6-14)9-27-7-1-2-13(10-27)26-16-8-15(18(21,22)23)24-11-25-16/h3-6,8,11,13,17H,1-2,7,9-10H2,(H,24,25,26). The van der Waals surface area contributed by atoms with Crippen molar-refractivity contribution >= 4 is 5.82 Å². The van der Waals surface area contributed by atoms with Gasteiger partial charge in [-0.2, -0.15) is 22.0 Å². The topological polar surface area (TPSA) is 50.3 Å². The van der Waals surface area contributed by atoms with Crippen LogP contribution in [-0.2, 0) is 12.7 Å². The maximum absolute atomic E-state index is 12.8. The van der Waals surface area contributed by atoms with Crippen molar-refractivity contribution in [2.24, 2.45) is 0 Å². The third-order valence-electron chi connectivity index (χ3n) is 4.37. The molecule has 3 rings (SSSR count). The fraction of sp³-hybridized carbons (Fsp3) is 0.444. The first-order valence-electron chi connectivity index (χ1n) is 8.71. The summed E-state index contributed by atoms with van der Waals surface area (Å²) >= 11 is 0. The van der Waals surface area contributed by atoms with Gasteiger partial charge in [0, 0.05) is 25.2 Å². The van der Waals surface area contributed by atoms with E-state index < -0.39 is 18.5 Å². The highest BCUT2D eigenvalue weighted by atomic mass is 19.4. The van der Waals surface area contributed by atoms with Crippen LogP contribution in [0.2, 0.25) is 0 Å². The molecule has 2 aromatic rings. The minimum absolute atomic E-state index is 0.0498. The predicted octanol–water partition coefficient (Wildman–Crippen LogP) is 4.17. The van der Waals surface area contributed by atoms with E-state index in [1.165, 1.54) is 12.1 Å². The van der Waals surface area contributed by atoms with Crippen molar-refractivity contribution in [2.75, 3.05) is 18.4 Å². The number of hydrogen-bond donors (Lipinski definition) is 1. The van der Waals surface area contributed by atoms with Gasteiger partial charge in [-0.1, -0.05) is 12.1 Å². The SMILES string of the molecule is FC(F)Oc1ccc(CN2CCCC(Nc3cc(C(F)(F)F)ncn3)C2)cc1. The Morgan fingerprint density at radius 3 is 2.61 bits per heavy atom. The normalized spacial score (nSPS) is 18.3. The minimum Gasteiger partial charge on any atom is -0.435 e. The van der Waals surface area contributed by atoms with Crippen LogP contribution < -0.4 is 10.1 Å². The Balaban J connectivity index is 1.57.